The van der Waals surface area contributed by atoms with Crippen LogP contribution in [-0.2, 0) is 4.79 Å². The number of nitrogens with one attached hydrogen (secondary N) is 1. The van der Waals surface area contributed by atoms with Gasteiger partial charge in [-0.3, -0.25) is 4.79 Å². The zero-order valence-corrected chi connectivity index (χ0v) is 11.3. The van der Waals surface area contributed by atoms with E-state index in [4.69, 9.17) is 4.74 Å². The van der Waals surface area contributed by atoms with Gasteiger partial charge in [0.1, 0.15) is 5.75 Å². The normalized spacial score (nSPS) is 18.8. The van der Waals surface area contributed by atoms with Crippen LogP contribution >= 0.6 is 0 Å². The average Bonchev–Trinajstić information content (AvgIpc) is 2.84. The SMILES string of the molecule is CC(Oc1ccccc1)C(=O)NCC1(O)CCCC1. The van der Waals surface area contributed by atoms with Gasteiger partial charge in [-0.1, -0.05) is 31.0 Å². The molecule has 19 heavy (non-hydrogen) atoms. The number of hydrogen-bond acceptors (Lipinski definition) is 3. The van der Waals surface area contributed by atoms with E-state index in [9.17, 15) is 9.90 Å². The van der Waals surface area contributed by atoms with Crippen molar-refractivity contribution in [2.24, 2.45) is 0 Å². The number of benzene rings is 1. The first-order chi connectivity index (χ1) is 9.09. The number of aliphatic hydroxyl groups is 1. The van der Waals surface area contributed by atoms with Crippen LogP contribution in [0, 0.1) is 0 Å². The number of carbonyl (C=O) groups excluding carboxylic acids is 1. The standard InChI is InChI=1S/C15H21NO3/c1-12(19-13-7-3-2-4-8-13)14(17)16-11-15(18)9-5-6-10-15/h2-4,7-8,12,18H,5-6,9-11H2,1H3,(H,16,17). The van der Waals surface area contributed by atoms with Gasteiger partial charge in [0, 0.05) is 6.54 Å². The largest absolute Gasteiger partial charge is 0.481 e. The molecule has 0 aromatic heterocycles. The molecule has 1 aromatic rings. The molecule has 0 bridgehead atoms. The molecule has 0 aliphatic heterocycles. The molecule has 104 valence electrons. The lowest BCUT2D eigenvalue weighted by atomic mass is 10.0. The van der Waals surface area contributed by atoms with E-state index in [1.807, 2.05) is 30.3 Å². The number of hydrogen-bond donors (Lipinski definition) is 2. The van der Waals surface area contributed by atoms with Gasteiger partial charge in [0.15, 0.2) is 6.10 Å². The Morgan fingerprint density at radius 1 is 1.37 bits per heavy atom. The maximum Gasteiger partial charge on any atom is 0.260 e. The molecule has 1 amide bonds. The van der Waals surface area contributed by atoms with E-state index in [1.165, 1.54) is 0 Å². The van der Waals surface area contributed by atoms with E-state index < -0.39 is 11.7 Å². The fourth-order valence-corrected chi connectivity index (χ4v) is 2.36. The minimum Gasteiger partial charge on any atom is -0.481 e. The molecule has 1 aliphatic rings. The maximum absolute atomic E-state index is 11.9. The van der Waals surface area contributed by atoms with Gasteiger partial charge >= 0.3 is 0 Å². The van der Waals surface area contributed by atoms with Gasteiger partial charge in [-0.15, -0.1) is 0 Å². The molecular weight excluding hydrogens is 242 g/mol. The summed E-state index contributed by atoms with van der Waals surface area (Å²) in [4.78, 5) is 11.9. The number of carbonyl (C=O) groups is 1. The van der Waals surface area contributed by atoms with Crippen LogP contribution in [0.1, 0.15) is 32.6 Å². The molecule has 0 radical (unpaired) electrons. The van der Waals surface area contributed by atoms with Crippen molar-refractivity contribution >= 4 is 5.91 Å². The molecule has 0 heterocycles. The van der Waals surface area contributed by atoms with Crippen LogP contribution in [0.25, 0.3) is 0 Å². The van der Waals surface area contributed by atoms with Crippen LogP contribution in [0.5, 0.6) is 5.75 Å². The lowest BCUT2D eigenvalue weighted by molar-refractivity contribution is -0.128. The fraction of sp³-hybridized carbons (Fsp3) is 0.533. The van der Waals surface area contributed by atoms with Crippen LogP contribution in [0.4, 0.5) is 0 Å². The van der Waals surface area contributed by atoms with Crippen LogP contribution in [0.3, 0.4) is 0 Å². The second-order valence-corrected chi connectivity index (χ2v) is 5.22. The molecule has 1 aliphatic carbocycles. The lowest BCUT2D eigenvalue weighted by Gasteiger charge is -2.23. The van der Waals surface area contributed by atoms with Gasteiger partial charge in [-0.2, -0.15) is 0 Å². The first-order valence-corrected chi connectivity index (χ1v) is 6.81. The first-order valence-electron chi connectivity index (χ1n) is 6.81. The van der Waals surface area contributed by atoms with Gasteiger partial charge in [0.2, 0.25) is 0 Å². The van der Waals surface area contributed by atoms with Crippen molar-refractivity contribution < 1.29 is 14.6 Å². The third-order valence-corrected chi connectivity index (χ3v) is 3.55. The minimum atomic E-state index is -0.720. The molecule has 1 fully saturated rings. The molecule has 4 nitrogen and oxygen atoms in total. The summed E-state index contributed by atoms with van der Waals surface area (Å²) in [6.07, 6.45) is 3.03. The monoisotopic (exact) mass is 263 g/mol. The predicted octanol–water partition coefficient (Wildman–Crippen LogP) is 1.88. The summed E-state index contributed by atoms with van der Waals surface area (Å²) in [7, 11) is 0. The maximum atomic E-state index is 11.9. The Bertz CT molecular complexity index is 413. The Kier molecular flexibility index (Phi) is 4.43. The molecule has 2 N–H and O–H groups in total. The summed E-state index contributed by atoms with van der Waals surface area (Å²) in [6.45, 7) is 2.02. The van der Waals surface area contributed by atoms with E-state index in [-0.39, 0.29) is 5.91 Å². The van der Waals surface area contributed by atoms with Gasteiger partial charge < -0.3 is 15.2 Å². The fourth-order valence-electron chi connectivity index (χ4n) is 2.36. The Hall–Kier alpha value is -1.55. The molecule has 0 saturated heterocycles. The van der Waals surface area contributed by atoms with Crippen molar-refractivity contribution in [3.8, 4) is 5.75 Å². The second kappa shape index (κ2) is 6.06. The Morgan fingerprint density at radius 2 is 2.00 bits per heavy atom. The van der Waals surface area contributed by atoms with E-state index in [0.29, 0.717) is 12.3 Å². The zero-order valence-electron chi connectivity index (χ0n) is 11.3. The van der Waals surface area contributed by atoms with E-state index in [1.54, 1.807) is 6.92 Å². The van der Waals surface area contributed by atoms with Crippen molar-refractivity contribution in [2.45, 2.75) is 44.3 Å². The summed E-state index contributed by atoms with van der Waals surface area (Å²) in [5.74, 6) is 0.480. The highest BCUT2D eigenvalue weighted by atomic mass is 16.5. The van der Waals surface area contributed by atoms with Crippen LogP contribution in [0.2, 0.25) is 0 Å². The third kappa shape index (κ3) is 3.96. The van der Waals surface area contributed by atoms with Crippen LogP contribution < -0.4 is 10.1 Å². The minimum absolute atomic E-state index is 0.191. The van der Waals surface area contributed by atoms with Crippen molar-refractivity contribution in [3.63, 3.8) is 0 Å². The molecule has 0 spiro atoms. The van der Waals surface area contributed by atoms with Crippen molar-refractivity contribution in [3.05, 3.63) is 30.3 Å². The summed E-state index contributed by atoms with van der Waals surface area (Å²) in [6, 6.07) is 9.25. The molecule has 1 saturated carbocycles. The van der Waals surface area contributed by atoms with Crippen molar-refractivity contribution in [2.75, 3.05) is 6.54 Å². The predicted molar refractivity (Wildman–Crippen MR) is 73.0 cm³/mol. The van der Waals surface area contributed by atoms with Gasteiger partial charge in [-0.25, -0.2) is 0 Å². The molecule has 1 atom stereocenters. The highest BCUT2D eigenvalue weighted by Crippen LogP contribution is 2.28. The molecular formula is C15H21NO3. The highest BCUT2D eigenvalue weighted by molar-refractivity contribution is 5.80. The Balaban J connectivity index is 1.79. The summed E-state index contributed by atoms with van der Waals surface area (Å²) in [5, 5.41) is 12.9. The van der Waals surface area contributed by atoms with E-state index >= 15 is 0 Å². The lowest BCUT2D eigenvalue weighted by Crippen LogP contribution is -2.45. The first kappa shape index (κ1) is 13.9. The van der Waals surface area contributed by atoms with Crippen LogP contribution in [0.15, 0.2) is 30.3 Å². The quantitative estimate of drug-likeness (QED) is 0.852. The van der Waals surface area contributed by atoms with Crippen molar-refractivity contribution in [1.29, 1.82) is 0 Å². The summed E-state index contributed by atoms with van der Waals surface area (Å²) < 4.78 is 5.53. The van der Waals surface area contributed by atoms with Gasteiger partial charge in [0.25, 0.3) is 5.91 Å². The molecule has 4 heteroatoms. The highest BCUT2D eigenvalue weighted by Gasteiger charge is 2.31. The molecule has 1 aromatic carbocycles. The number of rotatable bonds is 5. The summed E-state index contributed by atoms with van der Waals surface area (Å²) >= 11 is 0. The average molecular weight is 263 g/mol. The number of para-hydroxylation sites is 1. The van der Waals surface area contributed by atoms with E-state index in [2.05, 4.69) is 5.32 Å². The molecule has 1 unspecified atom stereocenters. The van der Waals surface area contributed by atoms with Gasteiger partial charge in [-0.05, 0) is 31.9 Å². The van der Waals surface area contributed by atoms with Gasteiger partial charge in [0.05, 0.1) is 5.60 Å². The van der Waals surface area contributed by atoms with Crippen LogP contribution in [-0.4, -0.2) is 29.3 Å². The summed E-state index contributed by atoms with van der Waals surface area (Å²) in [5.41, 5.74) is -0.720. The second-order valence-electron chi connectivity index (χ2n) is 5.22. The smallest absolute Gasteiger partial charge is 0.260 e. The number of amides is 1. The topological polar surface area (TPSA) is 58.6 Å². The Labute approximate surface area is 113 Å². The third-order valence-electron chi connectivity index (χ3n) is 3.55. The number of ether oxygens (including phenoxy) is 1. The molecule has 2 rings (SSSR count). The van der Waals surface area contributed by atoms with E-state index in [0.717, 1.165) is 25.7 Å². The van der Waals surface area contributed by atoms with Crippen molar-refractivity contribution in [1.82, 2.24) is 5.32 Å². The zero-order chi connectivity index (χ0) is 13.7. The Morgan fingerprint density at radius 3 is 2.63 bits per heavy atom.